The number of esters is 3. The molecule has 2 N–H and O–H groups in total. The van der Waals surface area contributed by atoms with E-state index in [2.05, 4.69) is 33.1 Å². The molecular formula is C28H39N5O10. The molecule has 0 bridgehead atoms. The second kappa shape index (κ2) is 16.5. The maximum absolute atomic E-state index is 13.2. The summed E-state index contributed by atoms with van der Waals surface area (Å²) in [7, 11) is 0. The number of nitrogens with one attached hydrogen (secondary N) is 2. The minimum absolute atomic E-state index is 0.0266. The number of amides is 2. The molecule has 1 saturated heterocycles. The number of ether oxygens (including phenoxy) is 5. The zero-order chi connectivity index (χ0) is 31.4. The Morgan fingerprint density at radius 3 is 2.35 bits per heavy atom. The van der Waals surface area contributed by atoms with Crippen LogP contribution in [-0.2, 0) is 49.4 Å². The SMILES string of the molecule is CC(=O)N[C@@H]1[C@@H](OC(C)=O)[C@H](OC(C)=O)[C@@H](COC(C)=O)O[C@H]1NC(=O)c1cn(CCCCOCC2C=CC=CC2)nn1. The molecule has 3 rings (SSSR count). The van der Waals surface area contributed by atoms with Crippen molar-refractivity contribution in [3.05, 3.63) is 36.2 Å². The lowest BCUT2D eigenvalue weighted by molar-refractivity contribution is -0.226. The molecule has 0 radical (unpaired) electrons. The van der Waals surface area contributed by atoms with Crippen LogP contribution in [0, 0.1) is 5.92 Å². The summed E-state index contributed by atoms with van der Waals surface area (Å²) in [5.41, 5.74) is -0.0266. The molecular weight excluding hydrogens is 566 g/mol. The van der Waals surface area contributed by atoms with Gasteiger partial charge in [-0.25, -0.2) is 0 Å². The summed E-state index contributed by atoms with van der Waals surface area (Å²) in [6, 6.07) is -1.18. The van der Waals surface area contributed by atoms with E-state index >= 15 is 0 Å². The first-order valence-electron chi connectivity index (χ1n) is 14.1. The first kappa shape index (κ1) is 33.4. The quantitative estimate of drug-likeness (QED) is 0.171. The third-order valence-electron chi connectivity index (χ3n) is 6.49. The van der Waals surface area contributed by atoms with Crippen molar-refractivity contribution >= 4 is 29.7 Å². The number of carbonyl (C=O) groups excluding carboxylic acids is 5. The van der Waals surface area contributed by atoms with Gasteiger partial charge in [0.05, 0.1) is 12.8 Å². The van der Waals surface area contributed by atoms with Crippen molar-refractivity contribution in [1.82, 2.24) is 25.6 Å². The van der Waals surface area contributed by atoms with E-state index in [-0.39, 0.29) is 5.69 Å². The molecule has 15 heteroatoms. The molecule has 1 unspecified atom stereocenters. The van der Waals surface area contributed by atoms with Gasteiger partial charge in [0.1, 0.15) is 18.8 Å². The van der Waals surface area contributed by atoms with Crippen molar-refractivity contribution in [2.75, 3.05) is 19.8 Å². The third kappa shape index (κ3) is 10.9. The van der Waals surface area contributed by atoms with Crippen LogP contribution < -0.4 is 10.6 Å². The summed E-state index contributed by atoms with van der Waals surface area (Å²) in [6.45, 7) is 6.05. The highest BCUT2D eigenvalue weighted by Crippen LogP contribution is 2.26. The molecule has 6 atom stereocenters. The molecule has 0 aromatic carbocycles. The van der Waals surface area contributed by atoms with E-state index in [9.17, 15) is 24.0 Å². The van der Waals surface area contributed by atoms with Crippen molar-refractivity contribution < 1.29 is 47.7 Å². The van der Waals surface area contributed by atoms with Gasteiger partial charge in [-0.05, 0) is 19.3 Å². The second-order valence-electron chi connectivity index (χ2n) is 10.2. The summed E-state index contributed by atoms with van der Waals surface area (Å²) in [6.07, 6.45) is 7.26. The molecule has 43 heavy (non-hydrogen) atoms. The molecule has 1 aliphatic carbocycles. The number of hydrogen-bond acceptors (Lipinski definition) is 12. The van der Waals surface area contributed by atoms with Gasteiger partial charge in [-0.1, -0.05) is 29.5 Å². The predicted octanol–water partition coefficient (Wildman–Crippen LogP) is 0.593. The molecule has 236 valence electrons. The fourth-order valence-electron chi connectivity index (χ4n) is 4.64. The van der Waals surface area contributed by atoms with Crippen molar-refractivity contribution in [2.45, 2.75) is 84.1 Å². The molecule has 1 aromatic rings. The van der Waals surface area contributed by atoms with Crippen LogP contribution in [0.2, 0.25) is 0 Å². The molecule has 15 nitrogen and oxygen atoms in total. The number of aryl methyl sites for hydroxylation is 1. The van der Waals surface area contributed by atoms with E-state index in [1.54, 1.807) is 0 Å². The first-order chi connectivity index (χ1) is 20.5. The monoisotopic (exact) mass is 605 g/mol. The average molecular weight is 606 g/mol. The second-order valence-corrected chi connectivity index (χ2v) is 10.2. The lowest BCUT2D eigenvalue weighted by Gasteiger charge is -2.45. The van der Waals surface area contributed by atoms with E-state index < -0.39 is 66.9 Å². The maximum Gasteiger partial charge on any atom is 0.303 e. The highest BCUT2D eigenvalue weighted by molar-refractivity contribution is 5.92. The first-order valence-corrected chi connectivity index (χ1v) is 14.1. The summed E-state index contributed by atoms with van der Waals surface area (Å²) in [4.78, 5) is 60.6. The summed E-state index contributed by atoms with van der Waals surface area (Å²) in [5.74, 6) is -2.94. The zero-order valence-corrected chi connectivity index (χ0v) is 24.7. The molecule has 1 aromatic heterocycles. The van der Waals surface area contributed by atoms with Gasteiger partial charge in [0.2, 0.25) is 5.91 Å². The van der Waals surface area contributed by atoms with Gasteiger partial charge in [-0.3, -0.25) is 28.7 Å². The lowest BCUT2D eigenvalue weighted by atomic mass is 9.95. The molecule has 2 aliphatic rings. The van der Waals surface area contributed by atoms with E-state index in [0.29, 0.717) is 25.7 Å². The van der Waals surface area contributed by atoms with Crippen LogP contribution in [-0.4, -0.2) is 95.1 Å². The maximum atomic E-state index is 13.2. The van der Waals surface area contributed by atoms with Gasteiger partial charge in [-0.15, -0.1) is 5.10 Å². The Bertz CT molecular complexity index is 1200. The Labute approximate surface area is 249 Å². The van der Waals surface area contributed by atoms with Crippen molar-refractivity contribution in [3.8, 4) is 0 Å². The van der Waals surface area contributed by atoms with Crippen LogP contribution in [0.1, 0.15) is 57.4 Å². The smallest absolute Gasteiger partial charge is 0.303 e. The fraction of sp³-hybridized carbons (Fsp3) is 0.607. The largest absolute Gasteiger partial charge is 0.463 e. The minimum Gasteiger partial charge on any atom is -0.463 e. The van der Waals surface area contributed by atoms with Crippen molar-refractivity contribution in [2.24, 2.45) is 5.92 Å². The predicted molar refractivity (Wildman–Crippen MR) is 148 cm³/mol. The summed E-state index contributed by atoms with van der Waals surface area (Å²) >= 11 is 0. The minimum atomic E-state index is -1.30. The number of rotatable bonds is 14. The summed E-state index contributed by atoms with van der Waals surface area (Å²) < 4.78 is 29.1. The van der Waals surface area contributed by atoms with Crippen LogP contribution in [0.5, 0.6) is 0 Å². The molecule has 1 fully saturated rings. The number of unbranched alkanes of at least 4 members (excludes halogenated alkanes) is 1. The van der Waals surface area contributed by atoms with E-state index in [4.69, 9.17) is 23.7 Å². The number of nitrogens with zero attached hydrogens (tertiary/aromatic N) is 3. The van der Waals surface area contributed by atoms with Gasteiger partial charge >= 0.3 is 17.9 Å². The molecule has 1 aliphatic heterocycles. The highest BCUT2D eigenvalue weighted by Gasteiger charge is 2.51. The zero-order valence-electron chi connectivity index (χ0n) is 24.7. The Balaban J connectivity index is 1.65. The Morgan fingerprint density at radius 2 is 1.70 bits per heavy atom. The van der Waals surface area contributed by atoms with Gasteiger partial charge in [0, 0.05) is 46.8 Å². The van der Waals surface area contributed by atoms with Gasteiger partial charge in [0.15, 0.2) is 24.1 Å². The van der Waals surface area contributed by atoms with Crippen LogP contribution in [0.3, 0.4) is 0 Å². The van der Waals surface area contributed by atoms with Crippen LogP contribution in [0.25, 0.3) is 0 Å². The van der Waals surface area contributed by atoms with Gasteiger partial charge in [-0.2, -0.15) is 0 Å². The van der Waals surface area contributed by atoms with E-state index in [0.717, 1.165) is 33.1 Å². The normalized spacial score (nSPS) is 24.6. The van der Waals surface area contributed by atoms with Crippen LogP contribution >= 0.6 is 0 Å². The number of hydrogen-bond donors (Lipinski definition) is 2. The lowest BCUT2D eigenvalue weighted by Crippen LogP contribution is -2.69. The van der Waals surface area contributed by atoms with Gasteiger partial charge in [0.25, 0.3) is 5.91 Å². The van der Waals surface area contributed by atoms with Gasteiger partial charge < -0.3 is 34.3 Å². The number of aromatic nitrogens is 3. The topological polar surface area (TPSA) is 186 Å². The Kier molecular flexibility index (Phi) is 12.8. The van der Waals surface area contributed by atoms with Crippen LogP contribution in [0.15, 0.2) is 30.5 Å². The van der Waals surface area contributed by atoms with Crippen molar-refractivity contribution in [3.63, 3.8) is 0 Å². The number of carbonyl (C=O) groups is 5. The van der Waals surface area contributed by atoms with Crippen LogP contribution in [0.4, 0.5) is 0 Å². The molecule has 2 amide bonds. The average Bonchev–Trinajstić information content (AvgIpc) is 3.42. The molecule has 0 spiro atoms. The number of allylic oxidation sites excluding steroid dienone is 3. The Hall–Kier alpha value is -4.11. The fourth-order valence-corrected chi connectivity index (χ4v) is 4.64. The molecule has 0 saturated carbocycles. The molecule has 2 heterocycles. The third-order valence-corrected chi connectivity index (χ3v) is 6.49. The van der Waals surface area contributed by atoms with E-state index in [1.165, 1.54) is 24.7 Å². The standard InChI is InChI=1S/C28H39N5O10/c1-17(34)29-24-26(42-20(4)37)25(41-19(3)36)23(16-40-18(2)35)43-28(24)30-27(38)22-14-33(32-31-22)12-8-9-13-39-15-21-10-6-5-7-11-21/h5-7,10,14,21,23-26,28H,8-9,11-13,15-16H2,1-4H3,(H,29,34)(H,30,38)/t21?,23-,24-,25-,26-,28-/m1/s1. The Morgan fingerprint density at radius 1 is 0.953 bits per heavy atom. The van der Waals surface area contributed by atoms with E-state index in [1.807, 2.05) is 12.2 Å². The van der Waals surface area contributed by atoms with Crippen molar-refractivity contribution in [1.29, 1.82) is 0 Å². The highest BCUT2D eigenvalue weighted by atomic mass is 16.6. The summed E-state index contributed by atoms with van der Waals surface area (Å²) in [5, 5.41) is 13.1.